The van der Waals surface area contributed by atoms with Crippen molar-refractivity contribution in [3.63, 3.8) is 0 Å². The molecule has 16 heavy (non-hydrogen) atoms. The zero-order valence-electron chi connectivity index (χ0n) is 10.8. The van der Waals surface area contributed by atoms with Crippen molar-refractivity contribution in [2.45, 2.75) is 39.2 Å². The average molecular weight is 226 g/mol. The van der Waals surface area contributed by atoms with Gasteiger partial charge in [0.15, 0.2) is 0 Å². The number of hydrogen-bond donors (Lipinski definition) is 1. The quantitative estimate of drug-likeness (QED) is 0.786. The fourth-order valence-corrected chi connectivity index (χ4v) is 2.99. The van der Waals surface area contributed by atoms with E-state index in [2.05, 4.69) is 24.1 Å². The fraction of sp³-hybridized carbons (Fsp3) is 1.00. The lowest BCUT2D eigenvalue weighted by Gasteiger charge is -2.37. The van der Waals surface area contributed by atoms with Crippen LogP contribution in [0.4, 0.5) is 0 Å². The zero-order valence-corrected chi connectivity index (χ0v) is 10.8. The molecule has 94 valence electrons. The number of likely N-dealkylation sites (N-methyl/N-ethyl adjacent to an activating group) is 1. The van der Waals surface area contributed by atoms with Gasteiger partial charge in [-0.1, -0.05) is 13.8 Å². The number of rotatable bonds is 4. The van der Waals surface area contributed by atoms with Gasteiger partial charge in [-0.25, -0.2) is 0 Å². The van der Waals surface area contributed by atoms with Crippen LogP contribution in [-0.4, -0.2) is 50.3 Å². The third kappa shape index (κ3) is 3.19. The molecule has 0 aromatic heterocycles. The van der Waals surface area contributed by atoms with E-state index < -0.39 is 0 Å². The molecule has 1 atom stereocenters. The third-order valence-corrected chi connectivity index (χ3v) is 4.07. The van der Waals surface area contributed by atoms with E-state index in [1.807, 2.05) is 0 Å². The molecule has 2 fully saturated rings. The highest BCUT2D eigenvalue weighted by atomic mass is 16.5. The van der Waals surface area contributed by atoms with Crippen molar-refractivity contribution in [3.05, 3.63) is 0 Å². The molecule has 2 aliphatic rings. The topological polar surface area (TPSA) is 24.5 Å². The number of ether oxygens (including phenoxy) is 1. The minimum atomic E-state index is 0.499. The standard InChI is InChI=1S/C13H26N2O/c1-3-14-12-4-7-15(10-12)11-13(2)5-8-16-9-6-13/h12,14H,3-11H2,1-2H3. The molecule has 3 heteroatoms. The first-order valence-corrected chi connectivity index (χ1v) is 6.75. The highest BCUT2D eigenvalue weighted by molar-refractivity contribution is 4.87. The maximum Gasteiger partial charge on any atom is 0.0471 e. The molecule has 0 bridgehead atoms. The van der Waals surface area contributed by atoms with Gasteiger partial charge in [0.1, 0.15) is 0 Å². The number of likely N-dealkylation sites (tertiary alicyclic amines) is 1. The molecule has 0 aromatic rings. The van der Waals surface area contributed by atoms with E-state index in [0.717, 1.165) is 25.8 Å². The van der Waals surface area contributed by atoms with Crippen LogP contribution in [0, 0.1) is 5.41 Å². The first kappa shape index (κ1) is 12.3. The number of hydrogen-bond acceptors (Lipinski definition) is 3. The molecule has 3 nitrogen and oxygen atoms in total. The summed E-state index contributed by atoms with van der Waals surface area (Å²) in [5.41, 5.74) is 0.499. The fourth-order valence-electron chi connectivity index (χ4n) is 2.99. The lowest BCUT2D eigenvalue weighted by molar-refractivity contribution is 0.00828. The Hall–Kier alpha value is -0.120. The summed E-state index contributed by atoms with van der Waals surface area (Å²) in [5, 5.41) is 3.56. The molecule has 2 saturated heterocycles. The first-order chi connectivity index (χ1) is 7.72. The average Bonchev–Trinajstić information content (AvgIpc) is 2.66. The Balaban J connectivity index is 1.77. The van der Waals surface area contributed by atoms with Gasteiger partial charge >= 0.3 is 0 Å². The molecule has 2 heterocycles. The molecule has 0 amide bonds. The predicted octanol–water partition coefficient (Wildman–Crippen LogP) is 1.49. The molecule has 0 saturated carbocycles. The lowest BCUT2D eigenvalue weighted by atomic mass is 9.82. The van der Waals surface area contributed by atoms with Crippen molar-refractivity contribution in [1.82, 2.24) is 10.2 Å². The SMILES string of the molecule is CCNC1CCN(CC2(C)CCOCC2)C1. The van der Waals surface area contributed by atoms with Gasteiger partial charge in [0.25, 0.3) is 0 Å². The molecular weight excluding hydrogens is 200 g/mol. The van der Waals surface area contributed by atoms with Gasteiger partial charge in [-0.15, -0.1) is 0 Å². The van der Waals surface area contributed by atoms with Crippen LogP contribution >= 0.6 is 0 Å². The van der Waals surface area contributed by atoms with Crippen molar-refractivity contribution in [1.29, 1.82) is 0 Å². The van der Waals surface area contributed by atoms with Crippen molar-refractivity contribution in [2.75, 3.05) is 39.4 Å². The Labute approximate surface area is 99.5 Å². The second-order valence-corrected chi connectivity index (χ2v) is 5.70. The Morgan fingerprint density at radius 3 is 2.81 bits per heavy atom. The van der Waals surface area contributed by atoms with Crippen LogP contribution in [0.5, 0.6) is 0 Å². The summed E-state index contributed by atoms with van der Waals surface area (Å²) >= 11 is 0. The van der Waals surface area contributed by atoms with Gasteiger partial charge in [0, 0.05) is 32.3 Å². The van der Waals surface area contributed by atoms with E-state index in [1.165, 1.54) is 38.9 Å². The van der Waals surface area contributed by atoms with Crippen LogP contribution in [0.25, 0.3) is 0 Å². The molecule has 1 unspecified atom stereocenters. The van der Waals surface area contributed by atoms with Gasteiger partial charge in [0.2, 0.25) is 0 Å². The molecule has 1 N–H and O–H groups in total. The van der Waals surface area contributed by atoms with Crippen LogP contribution < -0.4 is 5.32 Å². The van der Waals surface area contributed by atoms with E-state index in [-0.39, 0.29) is 0 Å². The Bertz CT molecular complexity index is 214. The summed E-state index contributed by atoms with van der Waals surface area (Å²) in [6.45, 7) is 11.4. The second-order valence-electron chi connectivity index (χ2n) is 5.70. The molecule has 2 rings (SSSR count). The van der Waals surface area contributed by atoms with E-state index in [9.17, 15) is 0 Å². The highest BCUT2D eigenvalue weighted by Gasteiger charge is 2.32. The monoisotopic (exact) mass is 226 g/mol. The lowest BCUT2D eigenvalue weighted by Crippen LogP contribution is -2.40. The van der Waals surface area contributed by atoms with E-state index >= 15 is 0 Å². The van der Waals surface area contributed by atoms with E-state index in [4.69, 9.17) is 4.74 Å². The molecule has 0 aromatic carbocycles. The maximum atomic E-state index is 5.46. The minimum absolute atomic E-state index is 0.499. The van der Waals surface area contributed by atoms with Crippen molar-refractivity contribution in [3.8, 4) is 0 Å². The Morgan fingerprint density at radius 2 is 2.12 bits per heavy atom. The molecular formula is C13H26N2O. The van der Waals surface area contributed by atoms with Gasteiger partial charge in [-0.2, -0.15) is 0 Å². The third-order valence-electron chi connectivity index (χ3n) is 4.07. The van der Waals surface area contributed by atoms with Gasteiger partial charge in [0.05, 0.1) is 0 Å². The summed E-state index contributed by atoms with van der Waals surface area (Å²) < 4.78 is 5.46. The summed E-state index contributed by atoms with van der Waals surface area (Å²) in [5.74, 6) is 0. The summed E-state index contributed by atoms with van der Waals surface area (Å²) in [6, 6.07) is 0.730. The van der Waals surface area contributed by atoms with Crippen molar-refractivity contribution in [2.24, 2.45) is 5.41 Å². The highest BCUT2D eigenvalue weighted by Crippen LogP contribution is 2.31. The summed E-state index contributed by atoms with van der Waals surface area (Å²) in [7, 11) is 0. The Morgan fingerprint density at radius 1 is 1.38 bits per heavy atom. The zero-order chi connectivity index (χ0) is 11.4. The van der Waals surface area contributed by atoms with Crippen LogP contribution in [0.15, 0.2) is 0 Å². The molecule has 0 spiro atoms. The van der Waals surface area contributed by atoms with Crippen LogP contribution in [0.1, 0.15) is 33.1 Å². The molecule has 0 aliphatic carbocycles. The van der Waals surface area contributed by atoms with Gasteiger partial charge in [-0.05, 0) is 37.8 Å². The summed E-state index contributed by atoms with van der Waals surface area (Å²) in [6.07, 6.45) is 3.78. The number of nitrogens with zero attached hydrogens (tertiary/aromatic N) is 1. The number of nitrogens with one attached hydrogen (secondary N) is 1. The predicted molar refractivity (Wildman–Crippen MR) is 66.7 cm³/mol. The minimum Gasteiger partial charge on any atom is -0.381 e. The summed E-state index contributed by atoms with van der Waals surface area (Å²) in [4.78, 5) is 2.64. The van der Waals surface area contributed by atoms with Gasteiger partial charge < -0.3 is 15.0 Å². The van der Waals surface area contributed by atoms with Crippen LogP contribution in [-0.2, 0) is 4.74 Å². The van der Waals surface area contributed by atoms with Crippen molar-refractivity contribution >= 4 is 0 Å². The molecule has 2 aliphatic heterocycles. The normalized spacial score (nSPS) is 30.8. The van der Waals surface area contributed by atoms with E-state index in [1.54, 1.807) is 0 Å². The Kier molecular flexibility index (Phi) is 4.22. The molecule has 0 radical (unpaired) electrons. The van der Waals surface area contributed by atoms with Crippen molar-refractivity contribution < 1.29 is 4.74 Å². The first-order valence-electron chi connectivity index (χ1n) is 6.75. The largest absolute Gasteiger partial charge is 0.381 e. The maximum absolute atomic E-state index is 5.46. The second kappa shape index (κ2) is 5.48. The smallest absolute Gasteiger partial charge is 0.0471 e. The van der Waals surface area contributed by atoms with Gasteiger partial charge in [-0.3, -0.25) is 0 Å². The van der Waals surface area contributed by atoms with Crippen LogP contribution in [0.3, 0.4) is 0 Å². The van der Waals surface area contributed by atoms with Crippen LogP contribution in [0.2, 0.25) is 0 Å². The van der Waals surface area contributed by atoms with E-state index in [0.29, 0.717) is 5.41 Å².